The zero-order chi connectivity index (χ0) is 22.9. The molecule has 1 amide bonds. The number of Topliss-reactive ketones (excluding diaryl/α,β-unsaturated/α-hetero) is 1. The molecule has 1 heterocycles. The fraction of sp³-hybridized carbons (Fsp3) is 0.833. The first-order valence-corrected chi connectivity index (χ1v) is 19.7. The molecule has 0 radical (unpaired) electrons. The van der Waals surface area contributed by atoms with E-state index in [4.69, 9.17) is 4.74 Å². The number of carbonyl (C=O) groups excluding carboxylic acids is 2. The van der Waals surface area contributed by atoms with Crippen LogP contribution in [-0.2, 0) is 9.53 Å². The molecule has 0 spiro atoms. The number of halogens is 12. The molecular weight excluding hydrogens is 1730 g/mol. The summed E-state index contributed by atoms with van der Waals surface area (Å²) in [6.45, 7) is 5.58. The molecule has 0 atom stereocenters. The molecule has 0 aromatic heterocycles. The van der Waals surface area contributed by atoms with Crippen molar-refractivity contribution >= 4 is 283 Å². The van der Waals surface area contributed by atoms with Crippen LogP contribution in [0.15, 0.2) is 0 Å². The number of nitrogens with zero attached hydrogens (tertiary/aromatic N) is 1. The summed E-state index contributed by atoms with van der Waals surface area (Å²) in [6.07, 6.45) is -0.420. The van der Waals surface area contributed by atoms with Crippen molar-refractivity contribution in [2.45, 2.75) is 29.8 Å². The SMILES string of the molecule is CC(C)(C)OC(=O)N1C(I)(I)C(I)(I)C(=O)C(C(I)(I)I)(C(I)(I)I)C1(I)I. The number of piperidine rings is 1. The molecule has 1 fully saturated rings. The van der Waals surface area contributed by atoms with Crippen molar-refractivity contribution in [3.05, 3.63) is 0 Å². The van der Waals surface area contributed by atoms with Crippen LogP contribution in [0.4, 0.5) is 4.79 Å². The largest absolute Gasteiger partial charge is 0.444 e. The molecule has 28 heavy (non-hydrogen) atoms. The molecule has 0 aliphatic carbocycles. The number of carbonyl (C=O) groups is 2. The van der Waals surface area contributed by atoms with E-state index >= 15 is 0 Å². The molecule has 1 aliphatic rings. The van der Waals surface area contributed by atoms with Gasteiger partial charge in [-0.25, -0.2) is 4.79 Å². The van der Waals surface area contributed by atoms with Crippen molar-refractivity contribution in [3.63, 3.8) is 0 Å². The van der Waals surface area contributed by atoms with Gasteiger partial charge in [0, 0.05) is 0 Å². The van der Waals surface area contributed by atoms with Crippen LogP contribution in [0.1, 0.15) is 20.8 Å². The Labute approximate surface area is 328 Å². The van der Waals surface area contributed by atoms with E-state index in [0.717, 1.165) is 0 Å². The van der Waals surface area contributed by atoms with Crippen LogP contribution in [0, 0.1) is 5.41 Å². The second-order valence-electron chi connectivity index (χ2n) is 6.55. The van der Waals surface area contributed by atoms with Gasteiger partial charge < -0.3 is 4.74 Å². The molecule has 0 aromatic rings. The van der Waals surface area contributed by atoms with Crippen LogP contribution < -0.4 is 0 Å². The fourth-order valence-electron chi connectivity index (χ4n) is 2.29. The lowest BCUT2D eigenvalue weighted by Crippen LogP contribution is -2.80. The number of hydrogen-bond donors (Lipinski definition) is 0. The van der Waals surface area contributed by atoms with Gasteiger partial charge >= 0.3 is 6.09 Å². The van der Waals surface area contributed by atoms with Gasteiger partial charge in [-0.2, -0.15) is 0 Å². The summed E-state index contributed by atoms with van der Waals surface area (Å²) in [5, 5.41) is 0. The summed E-state index contributed by atoms with van der Waals surface area (Å²) < 4.78 is 2.19. The predicted molar refractivity (Wildman–Crippen MR) is 217 cm³/mol. The molecule has 16 heteroatoms. The van der Waals surface area contributed by atoms with Crippen LogP contribution in [0.2, 0.25) is 0 Å². The van der Waals surface area contributed by atoms with E-state index in [1.807, 2.05) is 20.8 Å². The van der Waals surface area contributed by atoms with E-state index in [2.05, 4.69) is 271 Å². The summed E-state index contributed by atoms with van der Waals surface area (Å²) in [6, 6.07) is 0. The molecule has 1 rings (SSSR count). The Bertz CT molecular complexity index is 659. The number of alkyl halides is 12. The van der Waals surface area contributed by atoms with Gasteiger partial charge in [0.15, 0.2) is 10.3 Å². The quantitative estimate of drug-likeness (QED) is 0.157. The normalized spacial score (nSPS) is 24.1. The lowest BCUT2D eigenvalue weighted by molar-refractivity contribution is -0.132. The van der Waals surface area contributed by atoms with Crippen LogP contribution in [-0.4, -0.2) is 25.8 Å². The molecule has 164 valence electrons. The average Bonchev–Trinajstić information content (AvgIpc) is 2.29. The minimum Gasteiger partial charge on any atom is -0.444 e. The first-order valence-electron chi connectivity index (χ1n) is 6.76. The standard InChI is InChI=1S/C12H9I12NO3/c1-6(2,3)28-5(27)25-11(21,22)7(9(15,16)17,10(18,19)20)4(26)8(13,14)12(25,23)24/h1-3H3. The van der Waals surface area contributed by atoms with Gasteiger partial charge in [-0.1, -0.05) is 181 Å². The first kappa shape index (κ1) is 33.7. The Morgan fingerprint density at radius 1 is 0.821 bits per heavy atom. The maximum atomic E-state index is 14.3. The topological polar surface area (TPSA) is 46.6 Å². The molecule has 0 unspecified atom stereocenters. The molecule has 0 aromatic carbocycles. The number of rotatable bonds is 2. The maximum Gasteiger partial charge on any atom is 0.413 e. The van der Waals surface area contributed by atoms with E-state index in [1.54, 1.807) is 4.90 Å². The number of ether oxygens (including phenoxy) is 1. The summed E-state index contributed by atoms with van der Waals surface area (Å²) in [5.41, 5.74) is -1.56. The zero-order valence-corrected chi connectivity index (χ0v) is 39.6. The van der Waals surface area contributed by atoms with Crippen LogP contribution in [0.3, 0.4) is 0 Å². The Morgan fingerprint density at radius 2 is 1.18 bits per heavy atom. The number of amides is 1. The van der Waals surface area contributed by atoms with Crippen LogP contribution in [0.5, 0.6) is 0 Å². The molecule has 4 nitrogen and oxygen atoms in total. The van der Waals surface area contributed by atoms with E-state index in [1.165, 1.54) is 0 Å². The summed E-state index contributed by atoms with van der Waals surface area (Å²) in [7, 11) is 0. The predicted octanol–water partition coefficient (Wildman–Crippen LogP) is 10.3. The van der Waals surface area contributed by atoms with Crippen molar-refractivity contribution in [2.75, 3.05) is 0 Å². The number of likely N-dealkylation sites (tertiary alicyclic amines) is 1. The molecule has 0 bridgehead atoms. The Hall–Kier alpha value is 7.70. The van der Waals surface area contributed by atoms with Crippen molar-refractivity contribution < 1.29 is 14.3 Å². The highest BCUT2D eigenvalue weighted by Gasteiger charge is 2.84. The van der Waals surface area contributed by atoms with E-state index in [9.17, 15) is 9.59 Å². The van der Waals surface area contributed by atoms with Gasteiger partial charge in [0.2, 0.25) is 0 Å². The van der Waals surface area contributed by atoms with Crippen molar-refractivity contribution in [3.8, 4) is 0 Å². The third-order valence-electron chi connectivity index (χ3n) is 3.44. The van der Waals surface area contributed by atoms with Crippen LogP contribution in [0.25, 0.3) is 0 Å². The minimum absolute atomic E-state index is 0.116. The van der Waals surface area contributed by atoms with Gasteiger partial charge in [0.05, 0.1) is 0 Å². The second-order valence-corrected chi connectivity index (χ2v) is 44.3. The smallest absolute Gasteiger partial charge is 0.413 e. The van der Waals surface area contributed by atoms with Gasteiger partial charge in [-0.05, 0) is 111 Å². The summed E-state index contributed by atoms with van der Waals surface area (Å²) >= 11 is 27.5. The zero-order valence-electron chi connectivity index (χ0n) is 13.7. The Morgan fingerprint density at radius 3 is 1.46 bits per heavy atom. The average molecular weight is 1740 g/mol. The van der Waals surface area contributed by atoms with Crippen molar-refractivity contribution in [2.24, 2.45) is 5.41 Å². The van der Waals surface area contributed by atoms with Crippen molar-refractivity contribution in [1.82, 2.24) is 4.90 Å². The third-order valence-corrected chi connectivity index (χ3v) is 20.1. The van der Waals surface area contributed by atoms with E-state index < -0.39 is 20.5 Å². The monoisotopic (exact) mass is 1740 g/mol. The highest BCUT2D eigenvalue weighted by atomic mass is 127. The van der Waals surface area contributed by atoms with Gasteiger partial charge in [0.1, 0.15) is 9.89 Å². The van der Waals surface area contributed by atoms with E-state index in [0.29, 0.717) is 0 Å². The Balaban J connectivity index is 4.03. The summed E-state index contributed by atoms with van der Waals surface area (Å²) in [4.78, 5) is 29.6. The van der Waals surface area contributed by atoms with E-state index in [-0.39, 0.29) is 5.78 Å². The second kappa shape index (κ2) is 11.1. The molecule has 0 saturated carbocycles. The molecule has 1 aliphatic heterocycles. The fourth-order valence-corrected chi connectivity index (χ4v) is 27.3. The Kier molecular flexibility index (Phi) is 13.3. The van der Waals surface area contributed by atoms with Gasteiger partial charge in [0.25, 0.3) is 0 Å². The highest BCUT2D eigenvalue weighted by Crippen LogP contribution is 2.79. The summed E-state index contributed by atoms with van der Waals surface area (Å²) in [5.74, 6) is 0.116. The minimum atomic E-state index is -0.920. The third kappa shape index (κ3) is 6.13. The maximum absolute atomic E-state index is 14.3. The lowest BCUT2D eigenvalue weighted by Gasteiger charge is -2.64. The molecular formula is C12H9I12NO3. The van der Waals surface area contributed by atoms with Gasteiger partial charge in [-0.15, -0.1) is 0 Å². The van der Waals surface area contributed by atoms with Crippen LogP contribution >= 0.6 is 271 Å². The first-order chi connectivity index (χ1) is 11.9. The lowest BCUT2D eigenvalue weighted by atomic mass is 9.82. The number of ketones is 1. The molecule has 1 saturated heterocycles. The van der Waals surface area contributed by atoms with Gasteiger partial charge in [-0.3, -0.25) is 9.69 Å². The highest BCUT2D eigenvalue weighted by molar-refractivity contribution is 14.3. The number of hydrogen-bond acceptors (Lipinski definition) is 3. The van der Waals surface area contributed by atoms with Crippen molar-refractivity contribution in [1.29, 1.82) is 0 Å². The molecule has 0 N–H and O–H groups in total.